The van der Waals surface area contributed by atoms with E-state index in [2.05, 4.69) is 10.5 Å². The highest BCUT2D eigenvalue weighted by Crippen LogP contribution is 2.17. The summed E-state index contributed by atoms with van der Waals surface area (Å²) in [4.78, 5) is 11.9. The fraction of sp³-hybridized carbons (Fsp3) is 0.263. The molecule has 0 heterocycles. The highest BCUT2D eigenvalue weighted by molar-refractivity contribution is 5.94. The molecule has 120 valence electrons. The van der Waals surface area contributed by atoms with E-state index in [1.54, 1.807) is 18.3 Å². The lowest BCUT2D eigenvalue weighted by Crippen LogP contribution is -2.22. The Morgan fingerprint density at radius 1 is 1.04 bits per heavy atom. The van der Waals surface area contributed by atoms with Gasteiger partial charge in [-0.1, -0.05) is 17.7 Å². The molecule has 0 radical (unpaired) electrons. The van der Waals surface area contributed by atoms with Gasteiger partial charge >= 0.3 is 0 Å². The van der Waals surface area contributed by atoms with Gasteiger partial charge in [0.1, 0.15) is 11.4 Å². The number of ether oxygens (including phenoxy) is 1. The SMILES string of the molecule is Cc1ccc(C(=O)N/N=C\c2ccc(OC(C)(C)C)cc2)cc1. The van der Waals surface area contributed by atoms with Crippen LogP contribution in [0.15, 0.2) is 53.6 Å². The third-order valence-corrected chi connectivity index (χ3v) is 3.00. The number of aryl methyl sites for hydroxylation is 1. The third kappa shape index (κ3) is 5.58. The molecule has 1 amide bonds. The van der Waals surface area contributed by atoms with Crippen LogP contribution in [0.1, 0.15) is 42.3 Å². The van der Waals surface area contributed by atoms with E-state index in [1.807, 2.05) is 64.1 Å². The fourth-order valence-electron chi connectivity index (χ4n) is 1.91. The summed E-state index contributed by atoms with van der Waals surface area (Å²) in [5, 5.41) is 3.98. The minimum Gasteiger partial charge on any atom is -0.488 e. The summed E-state index contributed by atoms with van der Waals surface area (Å²) in [6.45, 7) is 7.99. The Morgan fingerprint density at radius 3 is 2.22 bits per heavy atom. The number of hydrazone groups is 1. The molecule has 2 aromatic carbocycles. The molecule has 0 aliphatic carbocycles. The molecule has 0 aliphatic heterocycles. The van der Waals surface area contributed by atoms with Crippen LogP contribution < -0.4 is 10.2 Å². The molecule has 4 nitrogen and oxygen atoms in total. The van der Waals surface area contributed by atoms with Crippen LogP contribution in [0.2, 0.25) is 0 Å². The Balaban J connectivity index is 1.92. The van der Waals surface area contributed by atoms with Gasteiger partial charge in [-0.3, -0.25) is 4.79 Å². The molecule has 2 rings (SSSR count). The number of hydrogen-bond acceptors (Lipinski definition) is 3. The van der Waals surface area contributed by atoms with Crippen LogP contribution in [-0.4, -0.2) is 17.7 Å². The quantitative estimate of drug-likeness (QED) is 0.687. The molecule has 0 aliphatic rings. The van der Waals surface area contributed by atoms with Crippen molar-refractivity contribution in [2.24, 2.45) is 5.10 Å². The van der Waals surface area contributed by atoms with Crippen molar-refractivity contribution in [3.05, 3.63) is 65.2 Å². The van der Waals surface area contributed by atoms with E-state index in [9.17, 15) is 4.79 Å². The monoisotopic (exact) mass is 310 g/mol. The van der Waals surface area contributed by atoms with E-state index < -0.39 is 0 Å². The summed E-state index contributed by atoms with van der Waals surface area (Å²) in [6.07, 6.45) is 1.60. The summed E-state index contributed by atoms with van der Waals surface area (Å²) in [7, 11) is 0. The summed E-state index contributed by atoms with van der Waals surface area (Å²) in [5.41, 5.74) is 4.88. The van der Waals surface area contributed by atoms with E-state index >= 15 is 0 Å². The molecule has 2 aromatic rings. The molecule has 0 bridgehead atoms. The predicted molar refractivity (Wildman–Crippen MR) is 93.1 cm³/mol. The first-order valence-corrected chi connectivity index (χ1v) is 7.53. The van der Waals surface area contributed by atoms with Crippen LogP contribution in [0.3, 0.4) is 0 Å². The summed E-state index contributed by atoms with van der Waals surface area (Å²) >= 11 is 0. The standard InChI is InChI=1S/C19H22N2O2/c1-14-5-9-16(10-6-14)18(22)21-20-13-15-7-11-17(12-8-15)23-19(2,3)4/h5-13H,1-4H3,(H,21,22)/b20-13-. The first-order valence-electron chi connectivity index (χ1n) is 7.53. The third-order valence-electron chi connectivity index (χ3n) is 3.00. The Bertz CT molecular complexity index is 681. The Hall–Kier alpha value is -2.62. The summed E-state index contributed by atoms with van der Waals surface area (Å²) in [5.74, 6) is 0.576. The maximum Gasteiger partial charge on any atom is 0.271 e. The van der Waals surface area contributed by atoms with Gasteiger partial charge in [0.15, 0.2) is 0 Å². The smallest absolute Gasteiger partial charge is 0.271 e. The number of amides is 1. The van der Waals surface area contributed by atoms with Gasteiger partial charge in [-0.05, 0) is 69.7 Å². The normalized spacial score (nSPS) is 11.5. The molecule has 0 atom stereocenters. The maximum absolute atomic E-state index is 11.9. The molecule has 0 fully saturated rings. The zero-order valence-electron chi connectivity index (χ0n) is 14.0. The lowest BCUT2D eigenvalue weighted by Gasteiger charge is -2.21. The van der Waals surface area contributed by atoms with Gasteiger partial charge in [-0.25, -0.2) is 5.43 Å². The Labute approximate surface area is 137 Å². The first kappa shape index (κ1) is 16.7. The van der Waals surface area contributed by atoms with E-state index in [1.165, 1.54) is 0 Å². The number of hydrogen-bond donors (Lipinski definition) is 1. The van der Waals surface area contributed by atoms with Crippen LogP contribution in [0.4, 0.5) is 0 Å². The van der Waals surface area contributed by atoms with E-state index in [0.717, 1.165) is 16.9 Å². The fourth-order valence-corrected chi connectivity index (χ4v) is 1.91. The van der Waals surface area contributed by atoms with Gasteiger partial charge in [0.25, 0.3) is 5.91 Å². The van der Waals surface area contributed by atoms with Crippen LogP contribution >= 0.6 is 0 Å². The molecule has 0 saturated heterocycles. The molecule has 0 unspecified atom stereocenters. The van der Waals surface area contributed by atoms with Crippen LogP contribution in [0.25, 0.3) is 0 Å². The first-order chi connectivity index (χ1) is 10.8. The zero-order valence-corrected chi connectivity index (χ0v) is 14.0. The summed E-state index contributed by atoms with van der Waals surface area (Å²) < 4.78 is 5.75. The molecule has 0 aromatic heterocycles. The van der Waals surface area contributed by atoms with Crippen molar-refractivity contribution in [1.29, 1.82) is 0 Å². The van der Waals surface area contributed by atoms with Gasteiger partial charge in [0.05, 0.1) is 6.21 Å². The van der Waals surface area contributed by atoms with Crippen LogP contribution in [0.5, 0.6) is 5.75 Å². The zero-order chi connectivity index (χ0) is 16.9. The van der Waals surface area contributed by atoms with Crippen LogP contribution in [-0.2, 0) is 0 Å². The largest absolute Gasteiger partial charge is 0.488 e. The molecule has 23 heavy (non-hydrogen) atoms. The van der Waals surface area contributed by atoms with E-state index in [0.29, 0.717) is 5.56 Å². The topological polar surface area (TPSA) is 50.7 Å². The van der Waals surface area contributed by atoms with E-state index in [4.69, 9.17) is 4.74 Å². The molecule has 0 spiro atoms. The average Bonchev–Trinajstić information content (AvgIpc) is 2.48. The highest BCUT2D eigenvalue weighted by Gasteiger charge is 2.11. The second kappa shape index (κ2) is 7.09. The van der Waals surface area contributed by atoms with Crippen molar-refractivity contribution in [2.75, 3.05) is 0 Å². The van der Waals surface area contributed by atoms with Gasteiger partial charge in [-0.2, -0.15) is 5.10 Å². The highest BCUT2D eigenvalue weighted by atomic mass is 16.5. The number of carbonyl (C=O) groups excluding carboxylic acids is 1. The van der Waals surface area contributed by atoms with Crippen molar-refractivity contribution in [2.45, 2.75) is 33.3 Å². The Kier molecular flexibility index (Phi) is 5.16. The minimum absolute atomic E-state index is 0.225. The van der Waals surface area contributed by atoms with Crippen LogP contribution in [0, 0.1) is 6.92 Å². The summed E-state index contributed by atoms with van der Waals surface area (Å²) in [6, 6.07) is 14.9. The lowest BCUT2D eigenvalue weighted by molar-refractivity contribution is 0.0955. The molecule has 1 N–H and O–H groups in total. The number of nitrogens with zero attached hydrogens (tertiary/aromatic N) is 1. The minimum atomic E-state index is -0.228. The molecular formula is C19H22N2O2. The molecular weight excluding hydrogens is 288 g/mol. The van der Waals surface area contributed by atoms with Gasteiger partial charge < -0.3 is 4.74 Å². The number of carbonyl (C=O) groups is 1. The van der Waals surface area contributed by atoms with E-state index in [-0.39, 0.29) is 11.5 Å². The van der Waals surface area contributed by atoms with Crippen molar-refractivity contribution in [3.63, 3.8) is 0 Å². The molecule has 4 heteroatoms. The van der Waals surface area contributed by atoms with Crippen molar-refractivity contribution in [3.8, 4) is 5.75 Å². The Morgan fingerprint density at radius 2 is 1.65 bits per heavy atom. The second-order valence-electron chi connectivity index (χ2n) is 6.35. The van der Waals surface area contributed by atoms with Gasteiger partial charge in [0.2, 0.25) is 0 Å². The maximum atomic E-state index is 11.9. The van der Waals surface area contributed by atoms with Crippen molar-refractivity contribution < 1.29 is 9.53 Å². The average molecular weight is 310 g/mol. The van der Waals surface area contributed by atoms with Crippen molar-refractivity contribution in [1.82, 2.24) is 5.43 Å². The lowest BCUT2D eigenvalue weighted by atomic mass is 10.1. The van der Waals surface area contributed by atoms with Crippen molar-refractivity contribution >= 4 is 12.1 Å². The number of benzene rings is 2. The predicted octanol–water partition coefficient (Wildman–Crippen LogP) is 3.94. The number of rotatable bonds is 4. The van der Waals surface area contributed by atoms with Gasteiger partial charge in [0, 0.05) is 5.56 Å². The molecule has 0 saturated carbocycles. The second-order valence-corrected chi connectivity index (χ2v) is 6.35. The number of nitrogens with one attached hydrogen (secondary N) is 1. The van der Waals surface area contributed by atoms with Gasteiger partial charge in [-0.15, -0.1) is 0 Å².